The van der Waals surface area contributed by atoms with E-state index < -0.39 is 0 Å². The summed E-state index contributed by atoms with van der Waals surface area (Å²) in [6.45, 7) is 2.37. The highest BCUT2D eigenvalue weighted by Crippen LogP contribution is 2.32. The van der Waals surface area contributed by atoms with Gasteiger partial charge in [-0.1, -0.05) is 6.07 Å². The highest BCUT2D eigenvalue weighted by Gasteiger charge is 2.25. The summed E-state index contributed by atoms with van der Waals surface area (Å²) < 4.78 is 10.7. The molecule has 1 amide bonds. The Labute approximate surface area is 173 Å². The number of benzene rings is 1. The van der Waals surface area contributed by atoms with Crippen LogP contribution in [0.2, 0.25) is 0 Å². The Bertz CT molecular complexity index is 1040. The maximum Gasteiger partial charge on any atom is 0.231 e. The van der Waals surface area contributed by atoms with Crippen LogP contribution in [0.15, 0.2) is 42.7 Å². The second-order valence-electron chi connectivity index (χ2n) is 7.62. The van der Waals surface area contributed by atoms with Crippen LogP contribution in [0.4, 0.5) is 0 Å². The molecule has 1 fully saturated rings. The van der Waals surface area contributed by atoms with Crippen LogP contribution in [0.1, 0.15) is 18.4 Å². The van der Waals surface area contributed by atoms with E-state index in [-0.39, 0.29) is 12.7 Å². The standard InChI is InChI=1S/C21H22N6O3/c28-20(11-15-3-4-18-19(10-15)30-14-29-18)26-9-1-2-16(12-26)13-27-24-21(23-25-27)17-5-7-22-8-6-17/h3-8,10,16H,1-2,9,11-14H2/t16-/m0/s1. The number of ether oxygens (including phenoxy) is 2. The Morgan fingerprint density at radius 2 is 2.00 bits per heavy atom. The zero-order chi connectivity index (χ0) is 20.3. The third kappa shape index (κ3) is 3.96. The first-order chi connectivity index (χ1) is 14.7. The summed E-state index contributed by atoms with van der Waals surface area (Å²) in [4.78, 5) is 20.4. The molecule has 1 atom stereocenters. The number of fused-ring (bicyclic) bond motifs is 1. The van der Waals surface area contributed by atoms with Gasteiger partial charge in [0.05, 0.1) is 13.0 Å². The van der Waals surface area contributed by atoms with Gasteiger partial charge in [0, 0.05) is 31.0 Å². The molecule has 5 rings (SSSR count). The van der Waals surface area contributed by atoms with Crippen molar-refractivity contribution in [2.24, 2.45) is 5.92 Å². The van der Waals surface area contributed by atoms with Crippen LogP contribution in [0.25, 0.3) is 11.4 Å². The fourth-order valence-electron chi connectivity index (χ4n) is 3.95. The van der Waals surface area contributed by atoms with Gasteiger partial charge < -0.3 is 14.4 Å². The molecule has 2 aromatic heterocycles. The topological polar surface area (TPSA) is 95.3 Å². The Kier molecular flexibility index (Phi) is 5.00. The number of piperidine rings is 1. The summed E-state index contributed by atoms with van der Waals surface area (Å²) in [5.74, 6) is 2.46. The van der Waals surface area contributed by atoms with Crippen LogP contribution in [0.3, 0.4) is 0 Å². The summed E-state index contributed by atoms with van der Waals surface area (Å²) >= 11 is 0. The van der Waals surface area contributed by atoms with Crippen molar-refractivity contribution in [2.45, 2.75) is 25.8 Å². The molecule has 30 heavy (non-hydrogen) atoms. The van der Waals surface area contributed by atoms with Crippen LogP contribution < -0.4 is 9.47 Å². The maximum absolute atomic E-state index is 12.9. The molecule has 3 aromatic rings. The summed E-state index contributed by atoms with van der Waals surface area (Å²) in [6.07, 6.45) is 5.79. The van der Waals surface area contributed by atoms with Gasteiger partial charge in [-0.2, -0.15) is 4.80 Å². The lowest BCUT2D eigenvalue weighted by atomic mass is 9.97. The Morgan fingerprint density at radius 1 is 1.13 bits per heavy atom. The summed E-state index contributed by atoms with van der Waals surface area (Å²) in [6, 6.07) is 9.39. The van der Waals surface area contributed by atoms with Gasteiger partial charge in [0.2, 0.25) is 18.5 Å². The van der Waals surface area contributed by atoms with Gasteiger partial charge in [-0.25, -0.2) is 0 Å². The molecule has 2 aliphatic rings. The first kappa shape index (κ1) is 18.5. The quantitative estimate of drug-likeness (QED) is 0.639. The average molecular weight is 406 g/mol. The smallest absolute Gasteiger partial charge is 0.231 e. The minimum Gasteiger partial charge on any atom is -0.454 e. The van der Waals surface area contributed by atoms with Crippen LogP contribution in [0, 0.1) is 5.92 Å². The highest BCUT2D eigenvalue weighted by molar-refractivity contribution is 5.79. The van der Waals surface area contributed by atoms with Crippen molar-refractivity contribution in [3.8, 4) is 22.9 Å². The minimum absolute atomic E-state index is 0.127. The van der Waals surface area contributed by atoms with Gasteiger partial charge in [-0.15, -0.1) is 10.2 Å². The van der Waals surface area contributed by atoms with Crippen molar-refractivity contribution in [3.05, 3.63) is 48.3 Å². The molecule has 0 saturated carbocycles. The number of tetrazole rings is 1. The number of likely N-dealkylation sites (tertiary alicyclic amines) is 1. The lowest BCUT2D eigenvalue weighted by Crippen LogP contribution is -2.42. The van der Waals surface area contributed by atoms with Gasteiger partial charge in [0.25, 0.3) is 0 Å². The van der Waals surface area contributed by atoms with E-state index in [2.05, 4.69) is 20.4 Å². The van der Waals surface area contributed by atoms with E-state index in [4.69, 9.17) is 9.47 Å². The average Bonchev–Trinajstić information content (AvgIpc) is 3.44. The molecular formula is C21H22N6O3. The van der Waals surface area contributed by atoms with E-state index in [0.717, 1.165) is 36.3 Å². The first-order valence-corrected chi connectivity index (χ1v) is 10.1. The normalized spacial score (nSPS) is 17.9. The van der Waals surface area contributed by atoms with Gasteiger partial charge in [-0.05, 0) is 53.8 Å². The Balaban J connectivity index is 1.20. The van der Waals surface area contributed by atoms with E-state index >= 15 is 0 Å². The van der Waals surface area contributed by atoms with Crippen molar-refractivity contribution in [3.63, 3.8) is 0 Å². The second kappa shape index (κ2) is 8.10. The fraction of sp³-hybridized carbons (Fsp3) is 0.381. The second-order valence-corrected chi connectivity index (χ2v) is 7.62. The lowest BCUT2D eigenvalue weighted by molar-refractivity contribution is -0.132. The molecule has 0 bridgehead atoms. The summed E-state index contributed by atoms with van der Waals surface area (Å²) in [5, 5.41) is 12.8. The zero-order valence-corrected chi connectivity index (χ0v) is 16.5. The first-order valence-electron chi connectivity index (χ1n) is 10.1. The number of carbonyl (C=O) groups is 1. The van der Waals surface area contributed by atoms with E-state index in [1.54, 1.807) is 17.2 Å². The largest absolute Gasteiger partial charge is 0.454 e. The molecule has 1 aromatic carbocycles. The lowest BCUT2D eigenvalue weighted by Gasteiger charge is -2.32. The third-order valence-electron chi connectivity index (χ3n) is 5.48. The highest BCUT2D eigenvalue weighted by atomic mass is 16.7. The number of hydrogen-bond donors (Lipinski definition) is 0. The molecule has 0 N–H and O–H groups in total. The van der Waals surface area contributed by atoms with E-state index in [1.807, 2.05) is 35.2 Å². The summed E-state index contributed by atoms with van der Waals surface area (Å²) in [7, 11) is 0. The van der Waals surface area contributed by atoms with Crippen molar-refractivity contribution in [1.82, 2.24) is 30.1 Å². The fourth-order valence-corrected chi connectivity index (χ4v) is 3.95. The molecule has 9 nitrogen and oxygen atoms in total. The number of rotatable bonds is 5. The number of carbonyl (C=O) groups excluding carboxylic acids is 1. The molecule has 1 saturated heterocycles. The molecular weight excluding hydrogens is 384 g/mol. The molecule has 0 radical (unpaired) electrons. The van der Waals surface area contributed by atoms with Crippen LogP contribution in [-0.4, -0.2) is 55.9 Å². The number of pyridine rings is 1. The predicted octanol–water partition coefficient (Wildman–Crippen LogP) is 1.95. The van der Waals surface area contributed by atoms with Gasteiger partial charge >= 0.3 is 0 Å². The van der Waals surface area contributed by atoms with Gasteiger partial charge in [0.1, 0.15) is 0 Å². The minimum atomic E-state index is 0.127. The summed E-state index contributed by atoms with van der Waals surface area (Å²) in [5.41, 5.74) is 1.83. The maximum atomic E-state index is 12.9. The molecule has 2 aliphatic heterocycles. The molecule has 4 heterocycles. The van der Waals surface area contributed by atoms with Crippen LogP contribution in [-0.2, 0) is 17.8 Å². The third-order valence-corrected chi connectivity index (χ3v) is 5.48. The molecule has 0 aliphatic carbocycles. The molecule has 0 spiro atoms. The number of aromatic nitrogens is 5. The van der Waals surface area contributed by atoms with E-state index in [1.165, 1.54) is 0 Å². The molecule has 154 valence electrons. The van der Waals surface area contributed by atoms with Crippen LogP contribution in [0.5, 0.6) is 11.5 Å². The van der Waals surface area contributed by atoms with Crippen molar-refractivity contribution >= 4 is 5.91 Å². The zero-order valence-electron chi connectivity index (χ0n) is 16.5. The van der Waals surface area contributed by atoms with E-state index in [0.29, 0.717) is 37.0 Å². The number of amides is 1. The van der Waals surface area contributed by atoms with Gasteiger partial charge in [0.15, 0.2) is 11.5 Å². The van der Waals surface area contributed by atoms with Gasteiger partial charge in [-0.3, -0.25) is 9.78 Å². The SMILES string of the molecule is O=C(Cc1ccc2c(c1)OCO2)N1CCC[C@H](Cn2nnc(-c3ccncc3)n2)C1. The van der Waals surface area contributed by atoms with Crippen molar-refractivity contribution in [2.75, 3.05) is 19.9 Å². The van der Waals surface area contributed by atoms with Crippen LogP contribution >= 0.6 is 0 Å². The van der Waals surface area contributed by atoms with Crippen molar-refractivity contribution < 1.29 is 14.3 Å². The molecule has 0 unspecified atom stereocenters. The number of nitrogens with zero attached hydrogens (tertiary/aromatic N) is 6. The monoisotopic (exact) mass is 406 g/mol. The number of hydrogen-bond acceptors (Lipinski definition) is 7. The molecule has 9 heteroatoms. The van der Waals surface area contributed by atoms with Crippen molar-refractivity contribution in [1.29, 1.82) is 0 Å². The Hall–Kier alpha value is -3.49. The Morgan fingerprint density at radius 3 is 2.90 bits per heavy atom. The predicted molar refractivity (Wildman–Crippen MR) is 107 cm³/mol. The van der Waals surface area contributed by atoms with E-state index in [9.17, 15) is 4.79 Å².